The van der Waals surface area contributed by atoms with Crippen LogP contribution >= 0.6 is 0 Å². The maximum Gasteiger partial charge on any atom is 0.0702 e. The van der Waals surface area contributed by atoms with Crippen molar-refractivity contribution in [3.63, 3.8) is 0 Å². The summed E-state index contributed by atoms with van der Waals surface area (Å²) in [6.07, 6.45) is 3.99. The second-order valence-electron chi connectivity index (χ2n) is 4.37. The molecule has 0 aliphatic heterocycles. The first kappa shape index (κ1) is 10.1. The van der Waals surface area contributed by atoms with E-state index >= 15 is 0 Å². The maximum atomic E-state index is 4.39. The Hall–Kier alpha value is -2.09. The highest BCUT2D eigenvalue weighted by atomic mass is 14.9. The number of rotatable bonds is 1. The number of fused-ring (bicyclic) bond motifs is 1. The van der Waals surface area contributed by atoms with Crippen molar-refractivity contribution < 1.29 is 0 Å². The van der Waals surface area contributed by atoms with Gasteiger partial charge < -0.3 is 4.57 Å². The Bertz CT molecular complexity index is 666. The van der Waals surface area contributed by atoms with Crippen molar-refractivity contribution in [2.24, 2.45) is 7.05 Å². The minimum Gasteiger partial charge on any atom is -0.350 e. The molecule has 0 saturated carbocycles. The summed E-state index contributed by atoms with van der Waals surface area (Å²) in [5.74, 6) is 0. The number of hydrogen-bond donors (Lipinski definition) is 0. The first-order valence-corrected chi connectivity index (χ1v) is 5.73. The Kier molecular flexibility index (Phi) is 2.22. The molecular weight excluding hydrogens is 208 g/mol. The van der Waals surface area contributed by atoms with E-state index in [1.54, 1.807) is 0 Å². The van der Waals surface area contributed by atoms with Crippen LogP contribution in [-0.2, 0) is 7.05 Å². The minimum absolute atomic E-state index is 1.03. The Morgan fingerprint density at radius 2 is 2.00 bits per heavy atom. The molecule has 0 aliphatic rings. The Morgan fingerprint density at radius 1 is 1.12 bits per heavy atom. The number of hydrogen-bond acceptors (Lipinski definition) is 1. The molecule has 17 heavy (non-hydrogen) atoms. The van der Waals surface area contributed by atoms with Gasteiger partial charge in [-0.15, -0.1) is 0 Å². The summed E-state index contributed by atoms with van der Waals surface area (Å²) in [5.41, 5.74) is 4.77. The number of nitrogens with zero attached hydrogens (tertiary/aromatic N) is 2. The zero-order chi connectivity index (χ0) is 11.8. The third kappa shape index (κ3) is 1.62. The van der Waals surface area contributed by atoms with Gasteiger partial charge in [0, 0.05) is 35.9 Å². The van der Waals surface area contributed by atoms with Gasteiger partial charge in [0.15, 0.2) is 0 Å². The summed E-state index contributed by atoms with van der Waals surface area (Å²) in [5, 5.41) is 1.30. The molecule has 3 aromatic rings. The molecule has 2 heterocycles. The predicted molar refractivity (Wildman–Crippen MR) is 70.9 cm³/mol. The second-order valence-corrected chi connectivity index (χ2v) is 4.37. The second kappa shape index (κ2) is 3.74. The fraction of sp³-hybridized carbons (Fsp3) is 0.133. The molecule has 0 N–H and O–H groups in total. The summed E-state index contributed by atoms with van der Waals surface area (Å²) in [6, 6.07) is 12.5. The molecule has 0 saturated heterocycles. The molecule has 1 aromatic carbocycles. The molecule has 0 bridgehead atoms. The average molecular weight is 222 g/mol. The third-order valence-electron chi connectivity index (χ3n) is 3.15. The Labute approximate surface area is 101 Å². The molecule has 0 spiro atoms. The van der Waals surface area contributed by atoms with Gasteiger partial charge in [-0.05, 0) is 36.8 Å². The molecule has 0 atom stereocenters. The molecular formula is C15H14N2. The van der Waals surface area contributed by atoms with Gasteiger partial charge in [0.05, 0.1) is 5.69 Å². The summed E-state index contributed by atoms with van der Waals surface area (Å²) < 4.78 is 2.16. The van der Waals surface area contributed by atoms with E-state index in [1.165, 1.54) is 22.0 Å². The average Bonchev–Trinajstić information content (AvgIpc) is 2.66. The molecule has 0 radical (unpaired) electrons. The summed E-state index contributed by atoms with van der Waals surface area (Å²) in [4.78, 5) is 4.39. The molecule has 0 fully saturated rings. The summed E-state index contributed by atoms with van der Waals surface area (Å²) >= 11 is 0. The predicted octanol–water partition coefficient (Wildman–Crippen LogP) is 3.55. The first-order valence-electron chi connectivity index (χ1n) is 5.73. The van der Waals surface area contributed by atoms with Crippen LogP contribution in [-0.4, -0.2) is 9.55 Å². The van der Waals surface area contributed by atoms with E-state index in [0.29, 0.717) is 0 Å². The highest BCUT2D eigenvalue weighted by Gasteiger charge is 2.05. The molecule has 2 nitrogen and oxygen atoms in total. The topological polar surface area (TPSA) is 17.8 Å². The number of aromatic nitrogens is 2. The van der Waals surface area contributed by atoms with Crippen LogP contribution in [0.25, 0.3) is 22.2 Å². The van der Waals surface area contributed by atoms with Crippen molar-refractivity contribution in [3.8, 4) is 11.3 Å². The monoisotopic (exact) mass is 222 g/mol. The van der Waals surface area contributed by atoms with Crippen molar-refractivity contribution >= 4 is 10.9 Å². The highest BCUT2D eigenvalue weighted by Crippen LogP contribution is 2.25. The molecule has 3 rings (SSSR count). The van der Waals surface area contributed by atoms with E-state index < -0.39 is 0 Å². The first-order chi connectivity index (χ1) is 8.25. The van der Waals surface area contributed by atoms with Gasteiger partial charge in [-0.25, -0.2) is 0 Å². The van der Waals surface area contributed by atoms with E-state index in [9.17, 15) is 0 Å². The number of aryl methyl sites for hydroxylation is 2. The van der Waals surface area contributed by atoms with Gasteiger partial charge >= 0.3 is 0 Å². The zero-order valence-electron chi connectivity index (χ0n) is 10.0. The normalized spacial score (nSPS) is 10.9. The van der Waals surface area contributed by atoms with Crippen molar-refractivity contribution in [2.75, 3.05) is 0 Å². The lowest BCUT2D eigenvalue weighted by atomic mass is 10.1. The van der Waals surface area contributed by atoms with Crippen LogP contribution in [0.3, 0.4) is 0 Å². The quantitative estimate of drug-likeness (QED) is 0.615. The zero-order valence-corrected chi connectivity index (χ0v) is 10.0. The van der Waals surface area contributed by atoms with Crippen LogP contribution in [0.2, 0.25) is 0 Å². The minimum atomic E-state index is 1.03. The smallest absolute Gasteiger partial charge is 0.0702 e. The highest BCUT2D eigenvalue weighted by molar-refractivity contribution is 5.87. The molecule has 0 aliphatic carbocycles. The van der Waals surface area contributed by atoms with Crippen molar-refractivity contribution in [1.29, 1.82) is 0 Å². The fourth-order valence-corrected chi connectivity index (χ4v) is 2.28. The molecule has 2 heteroatoms. The van der Waals surface area contributed by atoms with Gasteiger partial charge in [-0.1, -0.05) is 12.1 Å². The molecule has 84 valence electrons. The largest absolute Gasteiger partial charge is 0.350 e. The van der Waals surface area contributed by atoms with Gasteiger partial charge in [0.1, 0.15) is 0 Å². The standard InChI is InChI=1S/C15H14N2/c1-11-10-17(2)15-7-6-12(9-13(11)15)14-5-3-4-8-16-14/h3-10H,1-2H3. The van der Waals surface area contributed by atoms with E-state index in [-0.39, 0.29) is 0 Å². The fourth-order valence-electron chi connectivity index (χ4n) is 2.28. The number of benzene rings is 1. The van der Waals surface area contributed by atoms with E-state index in [4.69, 9.17) is 0 Å². The van der Waals surface area contributed by atoms with Crippen LogP contribution in [0, 0.1) is 6.92 Å². The number of pyridine rings is 1. The van der Waals surface area contributed by atoms with Crippen molar-refractivity contribution in [3.05, 3.63) is 54.4 Å². The van der Waals surface area contributed by atoms with E-state index in [2.05, 4.69) is 47.9 Å². The molecule has 2 aromatic heterocycles. The third-order valence-corrected chi connectivity index (χ3v) is 3.15. The molecule has 0 unspecified atom stereocenters. The van der Waals surface area contributed by atoms with Crippen molar-refractivity contribution in [1.82, 2.24) is 9.55 Å². The Morgan fingerprint density at radius 3 is 2.76 bits per heavy atom. The van der Waals surface area contributed by atoms with Gasteiger partial charge in [0.2, 0.25) is 0 Å². The van der Waals surface area contributed by atoms with Crippen LogP contribution in [0.15, 0.2) is 48.8 Å². The molecule has 0 amide bonds. The van der Waals surface area contributed by atoms with E-state index in [1.807, 2.05) is 24.4 Å². The Balaban J connectivity index is 2.24. The van der Waals surface area contributed by atoms with Crippen molar-refractivity contribution in [2.45, 2.75) is 6.92 Å². The summed E-state index contributed by atoms with van der Waals surface area (Å²) in [6.45, 7) is 2.14. The van der Waals surface area contributed by atoms with Crippen LogP contribution in [0.5, 0.6) is 0 Å². The van der Waals surface area contributed by atoms with Crippen LogP contribution < -0.4 is 0 Å². The SMILES string of the molecule is Cc1cn(C)c2ccc(-c3ccccn3)cc12. The van der Waals surface area contributed by atoms with E-state index in [0.717, 1.165) is 5.69 Å². The van der Waals surface area contributed by atoms with Gasteiger partial charge in [0.25, 0.3) is 0 Å². The van der Waals surface area contributed by atoms with Gasteiger partial charge in [-0.3, -0.25) is 4.98 Å². The lowest BCUT2D eigenvalue weighted by Crippen LogP contribution is -1.85. The summed E-state index contributed by atoms with van der Waals surface area (Å²) in [7, 11) is 2.08. The lowest BCUT2D eigenvalue weighted by Gasteiger charge is -2.02. The lowest BCUT2D eigenvalue weighted by molar-refractivity contribution is 0.964. The maximum absolute atomic E-state index is 4.39. The van der Waals surface area contributed by atoms with Crippen LogP contribution in [0.4, 0.5) is 0 Å². The van der Waals surface area contributed by atoms with Gasteiger partial charge in [-0.2, -0.15) is 0 Å². The van der Waals surface area contributed by atoms with Crippen LogP contribution in [0.1, 0.15) is 5.56 Å².